The third-order valence-electron chi connectivity index (χ3n) is 3.63. The van der Waals surface area contributed by atoms with Gasteiger partial charge in [-0.2, -0.15) is 0 Å². The average molecular weight is 366 g/mol. The van der Waals surface area contributed by atoms with Crippen LogP contribution in [0.4, 0.5) is 5.69 Å². The van der Waals surface area contributed by atoms with E-state index in [1.165, 1.54) is 0 Å². The topological polar surface area (TPSA) is 44.4 Å². The van der Waals surface area contributed by atoms with Crippen LogP contribution in [0, 0.1) is 0 Å². The van der Waals surface area contributed by atoms with Crippen molar-refractivity contribution in [3.63, 3.8) is 0 Å². The first kappa shape index (κ1) is 18.6. The number of nitrogens with zero attached hydrogens (tertiary/aromatic N) is 1. The summed E-state index contributed by atoms with van der Waals surface area (Å²) in [6.07, 6.45) is 0. The number of anilines is 1. The molecule has 0 bridgehead atoms. The van der Waals surface area contributed by atoms with Crippen molar-refractivity contribution < 1.29 is 4.79 Å². The maximum absolute atomic E-state index is 11.5. The fourth-order valence-corrected chi connectivity index (χ4v) is 2.81. The van der Waals surface area contributed by atoms with Crippen LogP contribution in [0.25, 0.3) is 0 Å². The molecule has 2 N–H and O–H groups in total. The van der Waals surface area contributed by atoms with Gasteiger partial charge in [-0.3, -0.25) is 4.79 Å². The molecule has 0 radical (unpaired) electrons. The Morgan fingerprint density at radius 2 is 1.75 bits per heavy atom. The Balaban J connectivity index is 0.000000249. The number of piperazine rings is 1. The highest BCUT2D eigenvalue weighted by Crippen LogP contribution is 2.27. The first-order valence-electron chi connectivity index (χ1n) is 7.79. The van der Waals surface area contributed by atoms with E-state index in [1.54, 1.807) is 13.1 Å². The number of benzene rings is 2. The maximum Gasteiger partial charge on any atom is 0.251 e. The Morgan fingerprint density at radius 3 is 2.25 bits per heavy atom. The lowest BCUT2D eigenvalue weighted by atomic mass is 10.1. The third kappa shape index (κ3) is 5.41. The van der Waals surface area contributed by atoms with Gasteiger partial charge in [-0.25, -0.2) is 0 Å². The molecule has 24 heavy (non-hydrogen) atoms. The average Bonchev–Trinajstić information content (AvgIpc) is 2.63. The van der Waals surface area contributed by atoms with Crippen LogP contribution in [0.2, 0.25) is 10.0 Å². The molecule has 128 valence electrons. The Morgan fingerprint density at radius 1 is 1.08 bits per heavy atom. The molecule has 0 aliphatic carbocycles. The molecule has 1 aliphatic heterocycles. The van der Waals surface area contributed by atoms with Gasteiger partial charge in [-0.05, 0) is 30.3 Å². The van der Waals surface area contributed by atoms with Gasteiger partial charge in [0.15, 0.2) is 0 Å². The van der Waals surface area contributed by atoms with Crippen LogP contribution in [-0.4, -0.2) is 39.1 Å². The standard InChI is InChI=1S/C12H16ClN3O.C6H5Cl/c1-14-12(17)9-2-3-11(10(13)8-9)16-6-4-15-5-7-16;7-6-4-2-1-3-5-6/h2-3,8,15H,4-7H2,1H3,(H,14,17);1-5H. The number of carbonyl (C=O) groups excluding carboxylic acids is 1. The molecule has 0 unspecified atom stereocenters. The second kappa shape index (κ2) is 9.52. The Kier molecular flexibility index (Phi) is 7.37. The van der Waals surface area contributed by atoms with Crippen LogP contribution in [0.15, 0.2) is 48.5 Å². The maximum atomic E-state index is 11.5. The molecule has 0 spiro atoms. The van der Waals surface area contributed by atoms with E-state index in [1.807, 2.05) is 42.5 Å². The zero-order valence-corrected chi connectivity index (χ0v) is 15.1. The zero-order valence-electron chi connectivity index (χ0n) is 13.6. The third-order valence-corrected chi connectivity index (χ3v) is 4.18. The van der Waals surface area contributed by atoms with E-state index in [4.69, 9.17) is 23.2 Å². The second-order valence-electron chi connectivity index (χ2n) is 5.28. The first-order chi connectivity index (χ1) is 11.6. The van der Waals surface area contributed by atoms with Crippen LogP contribution < -0.4 is 15.5 Å². The van der Waals surface area contributed by atoms with Gasteiger partial charge in [0.1, 0.15) is 0 Å². The normalized spacial score (nSPS) is 13.7. The van der Waals surface area contributed by atoms with Crippen LogP contribution in [0.5, 0.6) is 0 Å². The summed E-state index contributed by atoms with van der Waals surface area (Å²) in [5, 5.41) is 7.31. The first-order valence-corrected chi connectivity index (χ1v) is 8.55. The molecule has 1 aliphatic rings. The molecule has 2 aromatic rings. The number of hydrogen-bond acceptors (Lipinski definition) is 3. The van der Waals surface area contributed by atoms with Gasteiger partial charge < -0.3 is 15.5 Å². The van der Waals surface area contributed by atoms with Crippen molar-refractivity contribution >= 4 is 34.8 Å². The summed E-state index contributed by atoms with van der Waals surface area (Å²) in [5.41, 5.74) is 1.59. The lowest BCUT2D eigenvalue weighted by Gasteiger charge is -2.30. The minimum atomic E-state index is -0.112. The minimum Gasteiger partial charge on any atom is -0.368 e. The van der Waals surface area contributed by atoms with E-state index in [-0.39, 0.29) is 5.91 Å². The quantitative estimate of drug-likeness (QED) is 0.856. The second-order valence-corrected chi connectivity index (χ2v) is 6.12. The summed E-state index contributed by atoms with van der Waals surface area (Å²) in [6, 6.07) is 14.9. The van der Waals surface area contributed by atoms with Crippen molar-refractivity contribution in [2.45, 2.75) is 0 Å². The van der Waals surface area contributed by atoms with Crippen LogP contribution >= 0.6 is 23.2 Å². The molecular weight excluding hydrogens is 345 g/mol. The Bertz CT molecular complexity index is 659. The molecule has 3 rings (SSSR count). The molecule has 0 atom stereocenters. The smallest absolute Gasteiger partial charge is 0.251 e. The largest absolute Gasteiger partial charge is 0.368 e. The summed E-state index contributed by atoms with van der Waals surface area (Å²) >= 11 is 11.8. The minimum absolute atomic E-state index is 0.112. The highest BCUT2D eigenvalue weighted by atomic mass is 35.5. The molecule has 1 heterocycles. The molecule has 6 heteroatoms. The van der Waals surface area contributed by atoms with Crippen molar-refractivity contribution in [1.82, 2.24) is 10.6 Å². The highest BCUT2D eigenvalue weighted by Gasteiger charge is 2.14. The fourth-order valence-electron chi connectivity index (χ4n) is 2.37. The molecule has 1 saturated heterocycles. The van der Waals surface area contributed by atoms with Gasteiger partial charge in [0.05, 0.1) is 10.7 Å². The summed E-state index contributed by atoms with van der Waals surface area (Å²) < 4.78 is 0. The monoisotopic (exact) mass is 365 g/mol. The highest BCUT2D eigenvalue weighted by molar-refractivity contribution is 6.33. The molecular formula is C18H21Cl2N3O. The molecule has 2 aromatic carbocycles. The molecule has 0 saturated carbocycles. The number of hydrogen-bond donors (Lipinski definition) is 2. The van der Waals surface area contributed by atoms with Crippen LogP contribution in [-0.2, 0) is 0 Å². The summed E-state index contributed by atoms with van der Waals surface area (Å²) in [4.78, 5) is 13.7. The molecule has 0 aromatic heterocycles. The predicted octanol–water partition coefficient (Wildman–Crippen LogP) is 3.45. The molecule has 1 amide bonds. The predicted molar refractivity (Wildman–Crippen MR) is 101 cm³/mol. The zero-order chi connectivity index (χ0) is 17.4. The SMILES string of the molecule is CNC(=O)c1ccc(N2CCNCC2)c(Cl)c1.Clc1ccccc1. The van der Waals surface area contributed by atoms with Gasteiger partial charge in [-0.15, -0.1) is 0 Å². The van der Waals surface area contributed by atoms with E-state index in [0.29, 0.717) is 10.6 Å². The van der Waals surface area contributed by atoms with Crippen molar-refractivity contribution in [2.75, 3.05) is 38.1 Å². The van der Waals surface area contributed by atoms with Gasteiger partial charge in [-0.1, -0.05) is 41.4 Å². The molecule has 4 nitrogen and oxygen atoms in total. The summed E-state index contributed by atoms with van der Waals surface area (Å²) in [5.74, 6) is -0.112. The van der Waals surface area contributed by atoms with Gasteiger partial charge in [0.2, 0.25) is 0 Å². The van der Waals surface area contributed by atoms with E-state index < -0.39 is 0 Å². The summed E-state index contributed by atoms with van der Waals surface area (Å²) in [6.45, 7) is 3.82. The summed E-state index contributed by atoms with van der Waals surface area (Å²) in [7, 11) is 1.61. The number of nitrogens with one attached hydrogen (secondary N) is 2. The lowest BCUT2D eigenvalue weighted by molar-refractivity contribution is 0.0963. The van der Waals surface area contributed by atoms with E-state index in [0.717, 1.165) is 36.9 Å². The van der Waals surface area contributed by atoms with E-state index >= 15 is 0 Å². The van der Waals surface area contributed by atoms with Crippen molar-refractivity contribution in [1.29, 1.82) is 0 Å². The van der Waals surface area contributed by atoms with Crippen molar-refractivity contribution in [3.05, 3.63) is 64.1 Å². The van der Waals surface area contributed by atoms with E-state index in [9.17, 15) is 4.79 Å². The van der Waals surface area contributed by atoms with Gasteiger partial charge >= 0.3 is 0 Å². The fraction of sp³-hybridized carbons (Fsp3) is 0.278. The number of halogens is 2. The number of amides is 1. The van der Waals surface area contributed by atoms with Crippen molar-refractivity contribution in [3.8, 4) is 0 Å². The van der Waals surface area contributed by atoms with Crippen molar-refractivity contribution in [2.24, 2.45) is 0 Å². The van der Waals surface area contributed by atoms with Gasteiger partial charge in [0, 0.05) is 43.8 Å². The van der Waals surface area contributed by atoms with Gasteiger partial charge in [0.25, 0.3) is 5.91 Å². The van der Waals surface area contributed by atoms with Crippen LogP contribution in [0.3, 0.4) is 0 Å². The van der Waals surface area contributed by atoms with Crippen LogP contribution in [0.1, 0.15) is 10.4 Å². The number of rotatable bonds is 2. The van der Waals surface area contributed by atoms with E-state index in [2.05, 4.69) is 15.5 Å². The molecule has 1 fully saturated rings. The lowest BCUT2D eigenvalue weighted by Crippen LogP contribution is -2.43. The Hall–Kier alpha value is -1.75. The number of carbonyl (C=O) groups is 1. The Labute approximate surface area is 152 Å².